The zero-order chi connectivity index (χ0) is 13.8. The van der Waals surface area contributed by atoms with E-state index in [1.165, 1.54) is 13.2 Å². The van der Waals surface area contributed by atoms with E-state index in [2.05, 4.69) is 5.32 Å². The lowest BCUT2D eigenvalue weighted by Crippen LogP contribution is -2.02. The molecule has 0 atom stereocenters. The molecule has 0 aliphatic heterocycles. The van der Waals surface area contributed by atoms with E-state index in [4.69, 9.17) is 27.9 Å². The van der Waals surface area contributed by atoms with E-state index < -0.39 is 0 Å². The van der Waals surface area contributed by atoms with Crippen LogP contribution in [0.4, 0.5) is 10.1 Å². The van der Waals surface area contributed by atoms with Crippen LogP contribution in [0.15, 0.2) is 36.4 Å². The SMILES string of the molecule is COc1ccc(CNc2ccc(Cl)cc2Cl)c(F)c1. The number of hydrogen-bond acceptors (Lipinski definition) is 2. The average molecular weight is 300 g/mol. The molecule has 2 nitrogen and oxygen atoms in total. The second kappa shape index (κ2) is 6.13. The molecule has 0 saturated heterocycles. The summed E-state index contributed by atoms with van der Waals surface area (Å²) in [6, 6.07) is 9.84. The minimum atomic E-state index is -0.322. The first-order valence-corrected chi connectivity index (χ1v) is 6.37. The minimum Gasteiger partial charge on any atom is -0.497 e. The Morgan fingerprint density at radius 1 is 1.16 bits per heavy atom. The first-order chi connectivity index (χ1) is 9.10. The summed E-state index contributed by atoms with van der Waals surface area (Å²) in [7, 11) is 1.50. The summed E-state index contributed by atoms with van der Waals surface area (Å²) in [5, 5.41) is 4.13. The molecule has 0 bridgehead atoms. The van der Waals surface area contributed by atoms with Crippen molar-refractivity contribution in [2.75, 3.05) is 12.4 Å². The maximum absolute atomic E-state index is 13.7. The quantitative estimate of drug-likeness (QED) is 0.879. The monoisotopic (exact) mass is 299 g/mol. The molecule has 2 rings (SSSR count). The van der Waals surface area contributed by atoms with Gasteiger partial charge >= 0.3 is 0 Å². The van der Waals surface area contributed by atoms with E-state index >= 15 is 0 Å². The Labute approximate surface area is 121 Å². The van der Waals surface area contributed by atoms with Crippen molar-refractivity contribution in [3.63, 3.8) is 0 Å². The summed E-state index contributed by atoms with van der Waals surface area (Å²) in [6.07, 6.45) is 0. The van der Waals surface area contributed by atoms with Crippen LogP contribution in [0.3, 0.4) is 0 Å². The maximum atomic E-state index is 13.7. The van der Waals surface area contributed by atoms with E-state index in [1.807, 2.05) is 0 Å². The summed E-state index contributed by atoms with van der Waals surface area (Å²) in [5.41, 5.74) is 1.24. The fourth-order valence-electron chi connectivity index (χ4n) is 1.62. The normalized spacial score (nSPS) is 10.3. The number of methoxy groups -OCH3 is 1. The molecule has 0 saturated carbocycles. The molecule has 1 N–H and O–H groups in total. The van der Waals surface area contributed by atoms with Gasteiger partial charge < -0.3 is 10.1 Å². The van der Waals surface area contributed by atoms with Gasteiger partial charge in [-0.25, -0.2) is 4.39 Å². The van der Waals surface area contributed by atoms with Gasteiger partial charge in [0.1, 0.15) is 11.6 Å². The van der Waals surface area contributed by atoms with E-state index in [1.54, 1.807) is 30.3 Å². The number of ether oxygens (including phenoxy) is 1. The van der Waals surface area contributed by atoms with Gasteiger partial charge in [-0.15, -0.1) is 0 Å². The molecule has 100 valence electrons. The Morgan fingerprint density at radius 2 is 1.95 bits per heavy atom. The number of rotatable bonds is 4. The molecule has 2 aromatic carbocycles. The first kappa shape index (κ1) is 14.0. The Morgan fingerprint density at radius 3 is 2.58 bits per heavy atom. The van der Waals surface area contributed by atoms with Crippen molar-refractivity contribution in [1.82, 2.24) is 0 Å². The summed E-state index contributed by atoms with van der Waals surface area (Å²) in [4.78, 5) is 0. The van der Waals surface area contributed by atoms with Crippen molar-refractivity contribution in [3.8, 4) is 5.75 Å². The zero-order valence-electron chi connectivity index (χ0n) is 10.2. The second-order valence-electron chi connectivity index (χ2n) is 3.94. The lowest BCUT2D eigenvalue weighted by molar-refractivity contribution is 0.411. The van der Waals surface area contributed by atoms with E-state index in [0.717, 1.165) is 0 Å². The predicted octanol–water partition coefficient (Wildman–Crippen LogP) is 4.75. The van der Waals surface area contributed by atoms with Gasteiger partial charge in [0.05, 0.1) is 17.8 Å². The molecule has 2 aromatic rings. The van der Waals surface area contributed by atoms with Crippen LogP contribution in [0.25, 0.3) is 0 Å². The molecule has 0 aliphatic carbocycles. The summed E-state index contributed by atoms with van der Waals surface area (Å²) < 4.78 is 18.7. The topological polar surface area (TPSA) is 21.3 Å². The molecular formula is C14H12Cl2FNO. The van der Waals surface area contributed by atoms with Crippen molar-refractivity contribution in [2.24, 2.45) is 0 Å². The largest absolute Gasteiger partial charge is 0.497 e. The third kappa shape index (κ3) is 3.52. The van der Waals surface area contributed by atoms with Gasteiger partial charge in [0.2, 0.25) is 0 Å². The third-order valence-electron chi connectivity index (χ3n) is 2.66. The van der Waals surface area contributed by atoms with Gasteiger partial charge in [0.15, 0.2) is 0 Å². The number of nitrogens with one attached hydrogen (secondary N) is 1. The molecule has 0 amide bonds. The maximum Gasteiger partial charge on any atom is 0.131 e. The number of benzene rings is 2. The van der Waals surface area contributed by atoms with Crippen LogP contribution in [0.1, 0.15) is 5.56 Å². The third-order valence-corrected chi connectivity index (χ3v) is 3.21. The van der Waals surface area contributed by atoms with Crippen LogP contribution in [-0.2, 0) is 6.54 Å². The van der Waals surface area contributed by atoms with Crippen molar-refractivity contribution in [1.29, 1.82) is 0 Å². The van der Waals surface area contributed by atoms with Gasteiger partial charge in [-0.05, 0) is 24.3 Å². The molecule has 0 unspecified atom stereocenters. The Bertz CT molecular complexity index is 590. The van der Waals surface area contributed by atoms with Crippen molar-refractivity contribution >= 4 is 28.9 Å². The van der Waals surface area contributed by atoms with E-state index in [0.29, 0.717) is 33.6 Å². The van der Waals surface area contributed by atoms with Crippen LogP contribution in [0, 0.1) is 5.82 Å². The molecule has 5 heteroatoms. The van der Waals surface area contributed by atoms with Gasteiger partial charge in [0.25, 0.3) is 0 Å². The zero-order valence-corrected chi connectivity index (χ0v) is 11.7. The van der Waals surface area contributed by atoms with Gasteiger partial charge in [-0.1, -0.05) is 29.3 Å². The van der Waals surface area contributed by atoms with Crippen LogP contribution in [0.2, 0.25) is 10.0 Å². The van der Waals surface area contributed by atoms with Crippen molar-refractivity contribution in [3.05, 3.63) is 57.8 Å². The molecule has 0 heterocycles. The van der Waals surface area contributed by atoms with Crippen LogP contribution in [-0.4, -0.2) is 7.11 Å². The van der Waals surface area contributed by atoms with Crippen LogP contribution < -0.4 is 10.1 Å². The lowest BCUT2D eigenvalue weighted by Gasteiger charge is -2.10. The fraction of sp³-hybridized carbons (Fsp3) is 0.143. The minimum absolute atomic E-state index is 0.322. The van der Waals surface area contributed by atoms with E-state index in [-0.39, 0.29) is 5.82 Å². The second-order valence-corrected chi connectivity index (χ2v) is 4.78. The summed E-state index contributed by atoms with van der Waals surface area (Å²) in [6.45, 7) is 0.331. The highest BCUT2D eigenvalue weighted by Gasteiger charge is 2.05. The van der Waals surface area contributed by atoms with Crippen LogP contribution >= 0.6 is 23.2 Å². The van der Waals surface area contributed by atoms with Gasteiger partial charge in [-0.3, -0.25) is 0 Å². The summed E-state index contributed by atoms with van der Waals surface area (Å²) in [5.74, 6) is 0.169. The standard InChI is InChI=1S/C14H12Cl2FNO/c1-19-11-4-2-9(13(17)7-11)8-18-14-5-3-10(15)6-12(14)16/h2-7,18H,8H2,1H3. The molecule has 0 spiro atoms. The van der Waals surface area contributed by atoms with Gasteiger partial charge in [0, 0.05) is 23.2 Å². The lowest BCUT2D eigenvalue weighted by atomic mass is 10.2. The number of hydrogen-bond donors (Lipinski definition) is 1. The number of anilines is 1. The Kier molecular flexibility index (Phi) is 4.51. The van der Waals surface area contributed by atoms with Gasteiger partial charge in [-0.2, -0.15) is 0 Å². The highest BCUT2D eigenvalue weighted by Crippen LogP contribution is 2.26. The molecule has 0 fully saturated rings. The molecule has 0 radical (unpaired) electrons. The fourth-order valence-corrected chi connectivity index (χ4v) is 2.10. The molecule has 0 aliphatic rings. The molecule has 19 heavy (non-hydrogen) atoms. The predicted molar refractivity (Wildman–Crippen MR) is 76.7 cm³/mol. The highest BCUT2D eigenvalue weighted by atomic mass is 35.5. The summed E-state index contributed by atoms with van der Waals surface area (Å²) >= 11 is 11.8. The average Bonchev–Trinajstić information content (AvgIpc) is 2.39. The number of halogens is 3. The van der Waals surface area contributed by atoms with Crippen LogP contribution in [0.5, 0.6) is 5.75 Å². The first-order valence-electron chi connectivity index (χ1n) is 5.61. The van der Waals surface area contributed by atoms with E-state index in [9.17, 15) is 4.39 Å². The molecule has 0 aromatic heterocycles. The van der Waals surface area contributed by atoms with Crippen molar-refractivity contribution in [2.45, 2.75) is 6.54 Å². The Hall–Kier alpha value is -1.45. The highest BCUT2D eigenvalue weighted by molar-refractivity contribution is 6.36. The smallest absolute Gasteiger partial charge is 0.131 e. The Balaban J connectivity index is 2.10. The molecular weight excluding hydrogens is 288 g/mol. The van der Waals surface area contributed by atoms with Crippen molar-refractivity contribution < 1.29 is 9.13 Å².